The van der Waals surface area contributed by atoms with E-state index in [4.69, 9.17) is 37.8 Å². The van der Waals surface area contributed by atoms with Crippen LogP contribution in [-0.2, 0) is 21.6 Å². The van der Waals surface area contributed by atoms with Gasteiger partial charge in [0.1, 0.15) is 11.4 Å². The number of rotatable bonds is 10. The number of hydrogen-bond donors (Lipinski definition) is 2. The van der Waals surface area contributed by atoms with Crippen LogP contribution in [0.3, 0.4) is 0 Å². The van der Waals surface area contributed by atoms with Gasteiger partial charge in [0.15, 0.2) is 0 Å². The fraction of sp³-hybridized carbons (Fsp3) is 0.409. The van der Waals surface area contributed by atoms with Crippen molar-refractivity contribution in [3.8, 4) is 5.75 Å². The lowest BCUT2D eigenvalue weighted by Gasteiger charge is -2.31. The molecular formula is C22H27Cl2NO4. The second kappa shape index (κ2) is 10.8. The van der Waals surface area contributed by atoms with Gasteiger partial charge >= 0.3 is 0 Å². The third kappa shape index (κ3) is 7.19. The number of ether oxygens (including phenoxy) is 2. The zero-order chi connectivity index (χ0) is 21.4. The number of benzene rings is 2. The Balaban J connectivity index is 2.06. The van der Waals surface area contributed by atoms with E-state index in [1.165, 1.54) is 0 Å². The van der Waals surface area contributed by atoms with Crippen LogP contribution in [0.2, 0.25) is 10.0 Å². The number of carbonyl (C=O) groups is 1. The molecule has 158 valence electrons. The van der Waals surface area contributed by atoms with Crippen LogP contribution in [0.25, 0.3) is 0 Å². The summed E-state index contributed by atoms with van der Waals surface area (Å²) >= 11 is 12.1. The maximum absolute atomic E-state index is 12.5. The lowest BCUT2D eigenvalue weighted by atomic mass is 9.95. The summed E-state index contributed by atoms with van der Waals surface area (Å²) in [4.78, 5) is 12.5. The van der Waals surface area contributed by atoms with E-state index in [2.05, 4.69) is 5.32 Å². The summed E-state index contributed by atoms with van der Waals surface area (Å²) in [5.74, 6) is 0.586. The number of aliphatic hydroxyl groups is 1. The number of halogens is 2. The third-order valence-corrected chi connectivity index (χ3v) is 5.04. The van der Waals surface area contributed by atoms with Gasteiger partial charge in [-0.2, -0.15) is 0 Å². The standard InChI is InChI=1S/C22H27Cl2NO4/c1-15(2)29-18-6-4-5-16(11-18)12-21(27)25-14-22(3,28-10-9-26)17-7-8-19(23)20(24)13-17/h4-8,11,13,15,26H,9-10,12,14H2,1-3H3,(H,25,27). The van der Waals surface area contributed by atoms with Crippen molar-refractivity contribution in [1.29, 1.82) is 0 Å². The van der Waals surface area contributed by atoms with Gasteiger partial charge < -0.3 is 19.9 Å². The van der Waals surface area contributed by atoms with Gasteiger partial charge in [-0.1, -0.05) is 41.4 Å². The van der Waals surface area contributed by atoms with E-state index < -0.39 is 5.60 Å². The van der Waals surface area contributed by atoms with E-state index in [1.54, 1.807) is 18.2 Å². The molecule has 1 atom stereocenters. The van der Waals surface area contributed by atoms with Crippen LogP contribution in [0, 0.1) is 0 Å². The topological polar surface area (TPSA) is 67.8 Å². The molecule has 2 N–H and O–H groups in total. The smallest absolute Gasteiger partial charge is 0.224 e. The summed E-state index contributed by atoms with van der Waals surface area (Å²) in [7, 11) is 0. The summed E-state index contributed by atoms with van der Waals surface area (Å²) in [5.41, 5.74) is 0.746. The summed E-state index contributed by atoms with van der Waals surface area (Å²) < 4.78 is 11.5. The third-order valence-electron chi connectivity index (χ3n) is 4.30. The van der Waals surface area contributed by atoms with E-state index in [0.717, 1.165) is 16.9 Å². The first kappa shape index (κ1) is 23.5. The van der Waals surface area contributed by atoms with Gasteiger partial charge in [0.2, 0.25) is 5.91 Å². The lowest BCUT2D eigenvalue weighted by Crippen LogP contribution is -2.41. The molecule has 0 heterocycles. The molecule has 1 amide bonds. The Bertz CT molecular complexity index is 828. The molecule has 2 aromatic rings. The van der Waals surface area contributed by atoms with Crippen molar-refractivity contribution in [1.82, 2.24) is 5.32 Å². The van der Waals surface area contributed by atoms with Gasteiger partial charge in [0, 0.05) is 0 Å². The van der Waals surface area contributed by atoms with Gasteiger partial charge in [-0.25, -0.2) is 0 Å². The number of amides is 1. The van der Waals surface area contributed by atoms with Crippen LogP contribution < -0.4 is 10.1 Å². The Morgan fingerprint density at radius 2 is 1.93 bits per heavy atom. The first-order valence-corrected chi connectivity index (χ1v) is 10.2. The normalized spacial score (nSPS) is 13.2. The molecule has 0 fully saturated rings. The van der Waals surface area contributed by atoms with Gasteiger partial charge in [0.25, 0.3) is 0 Å². The van der Waals surface area contributed by atoms with Gasteiger partial charge in [-0.3, -0.25) is 4.79 Å². The summed E-state index contributed by atoms with van der Waals surface area (Å²) in [6.45, 7) is 5.95. The lowest BCUT2D eigenvalue weighted by molar-refractivity contribution is -0.122. The minimum Gasteiger partial charge on any atom is -0.491 e. The Morgan fingerprint density at radius 3 is 2.59 bits per heavy atom. The maximum Gasteiger partial charge on any atom is 0.224 e. The second-order valence-electron chi connectivity index (χ2n) is 7.20. The van der Waals surface area contributed by atoms with Crippen molar-refractivity contribution < 1.29 is 19.4 Å². The Morgan fingerprint density at radius 1 is 1.17 bits per heavy atom. The second-order valence-corrected chi connectivity index (χ2v) is 8.01. The molecule has 29 heavy (non-hydrogen) atoms. The molecule has 5 nitrogen and oxygen atoms in total. The summed E-state index contributed by atoms with van der Waals surface area (Å²) in [6, 6.07) is 12.7. The highest BCUT2D eigenvalue weighted by atomic mass is 35.5. The van der Waals surface area contributed by atoms with Crippen molar-refractivity contribution in [2.75, 3.05) is 19.8 Å². The minimum atomic E-state index is -0.866. The van der Waals surface area contributed by atoms with Crippen molar-refractivity contribution in [3.63, 3.8) is 0 Å². The van der Waals surface area contributed by atoms with Crippen LogP contribution in [0.5, 0.6) is 5.75 Å². The first-order valence-electron chi connectivity index (χ1n) is 9.46. The van der Waals surface area contributed by atoms with Crippen LogP contribution >= 0.6 is 23.2 Å². The number of nitrogens with one attached hydrogen (secondary N) is 1. The Labute approximate surface area is 181 Å². The molecule has 7 heteroatoms. The Hall–Kier alpha value is -1.79. The predicted molar refractivity (Wildman–Crippen MR) is 116 cm³/mol. The Kier molecular flexibility index (Phi) is 8.78. The maximum atomic E-state index is 12.5. The zero-order valence-corrected chi connectivity index (χ0v) is 18.4. The molecule has 1 unspecified atom stereocenters. The van der Waals surface area contributed by atoms with Crippen molar-refractivity contribution in [2.24, 2.45) is 0 Å². The van der Waals surface area contributed by atoms with Crippen LogP contribution in [0.15, 0.2) is 42.5 Å². The number of carbonyl (C=O) groups excluding carboxylic acids is 1. The molecule has 0 spiro atoms. The van der Waals surface area contributed by atoms with Gasteiger partial charge in [0.05, 0.1) is 42.3 Å². The van der Waals surface area contributed by atoms with E-state index in [-0.39, 0.29) is 38.2 Å². The van der Waals surface area contributed by atoms with Crippen molar-refractivity contribution in [3.05, 3.63) is 63.6 Å². The zero-order valence-electron chi connectivity index (χ0n) is 16.9. The predicted octanol–water partition coefficient (Wildman–Crippen LogP) is 4.36. The summed E-state index contributed by atoms with van der Waals surface area (Å²) in [6.07, 6.45) is 0.280. The molecule has 0 bridgehead atoms. The van der Waals surface area contributed by atoms with Crippen LogP contribution in [-0.4, -0.2) is 36.9 Å². The molecule has 2 aromatic carbocycles. The van der Waals surface area contributed by atoms with E-state index in [1.807, 2.05) is 45.0 Å². The summed E-state index contributed by atoms with van der Waals surface area (Å²) in [5, 5.41) is 12.9. The molecule has 0 aromatic heterocycles. The van der Waals surface area contributed by atoms with Crippen molar-refractivity contribution in [2.45, 2.75) is 38.9 Å². The fourth-order valence-corrected chi connectivity index (χ4v) is 3.15. The van der Waals surface area contributed by atoms with E-state index >= 15 is 0 Å². The van der Waals surface area contributed by atoms with E-state index in [0.29, 0.717) is 10.0 Å². The molecule has 2 rings (SSSR count). The average molecular weight is 440 g/mol. The number of hydrogen-bond acceptors (Lipinski definition) is 4. The quantitative estimate of drug-likeness (QED) is 0.576. The fourth-order valence-electron chi connectivity index (χ4n) is 2.85. The van der Waals surface area contributed by atoms with E-state index in [9.17, 15) is 4.79 Å². The highest BCUT2D eigenvalue weighted by Crippen LogP contribution is 2.31. The minimum absolute atomic E-state index is 0.0645. The highest BCUT2D eigenvalue weighted by Gasteiger charge is 2.29. The molecular weight excluding hydrogens is 413 g/mol. The molecule has 0 radical (unpaired) electrons. The monoisotopic (exact) mass is 439 g/mol. The highest BCUT2D eigenvalue weighted by molar-refractivity contribution is 6.42. The molecule has 0 aliphatic heterocycles. The molecule has 0 saturated heterocycles. The van der Waals surface area contributed by atoms with Gasteiger partial charge in [-0.15, -0.1) is 0 Å². The largest absolute Gasteiger partial charge is 0.491 e. The van der Waals surface area contributed by atoms with Crippen LogP contribution in [0.1, 0.15) is 31.9 Å². The molecule has 0 aliphatic carbocycles. The van der Waals surface area contributed by atoms with Crippen LogP contribution in [0.4, 0.5) is 0 Å². The number of aliphatic hydroxyl groups excluding tert-OH is 1. The molecule has 0 saturated carbocycles. The van der Waals surface area contributed by atoms with Crippen molar-refractivity contribution >= 4 is 29.1 Å². The molecule has 0 aliphatic rings. The first-order chi connectivity index (χ1) is 13.7. The average Bonchev–Trinajstić information content (AvgIpc) is 2.66. The van der Waals surface area contributed by atoms with Gasteiger partial charge in [-0.05, 0) is 56.2 Å². The SMILES string of the molecule is CC(C)Oc1cccc(CC(=O)NCC(C)(OCCO)c2ccc(Cl)c(Cl)c2)c1.